The maximum Gasteiger partial charge on any atom is 0.186 e. The summed E-state index contributed by atoms with van der Waals surface area (Å²) in [6, 6.07) is 0. The molecule has 92 valence electrons. The molecule has 4 bridgehead atoms. The summed E-state index contributed by atoms with van der Waals surface area (Å²) in [6.07, 6.45) is 6.72. The number of rotatable bonds is 0. The number of ketones is 2. The van der Waals surface area contributed by atoms with Crippen molar-refractivity contribution in [3.8, 4) is 0 Å². The van der Waals surface area contributed by atoms with E-state index in [-0.39, 0.29) is 0 Å². The third-order valence-electron chi connectivity index (χ3n) is 6.06. The minimum atomic E-state index is 0.291. The van der Waals surface area contributed by atoms with Gasteiger partial charge in [-0.2, -0.15) is 0 Å². The van der Waals surface area contributed by atoms with Gasteiger partial charge in [0.1, 0.15) is 0 Å². The minimum absolute atomic E-state index is 0.291. The first-order valence-corrected chi connectivity index (χ1v) is 7.33. The van der Waals surface area contributed by atoms with Crippen LogP contribution >= 0.6 is 0 Å². The number of fused-ring (bicyclic) bond motifs is 8. The molecule has 2 nitrogen and oxygen atoms in total. The number of carbonyl (C=O) groups excluding carboxylic acids is 2. The van der Waals surface area contributed by atoms with Crippen LogP contribution in [0, 0.1) is 23.7 Å². The molecule has 0 aliphatic heterocycles. The zero-order valence-electron chi connectivity index (χ0n) is 10.4. The van der Waals surface area contributed by atoms with Crippen molar-refractivity contribution in [3.05, 3.63) is 22.3 Å². The van der Waals surface area contributed by atoms with E-state index < -0.39 is 0 Å². The first-order valence-electron chi connectivity index (χ1n) is 7.33. The van der Waals surface area contributed by atoms with Crippen LogP contribution < -0.4 is 0 Å². The van der Waals surface area contributed by atoms with E-state index in [0.717, 1.165) is 60.8 Å². The number of allylic oxidation sites excluding steroid dienone is 4. The van der Waals surface area contributed by atoms with Crippen LogP contribution in [-0.2, 0) is 9.59 Å². The zero-order valence-corrected chi connectivity index (χ0v) is 10.4. The van der Waals surface area contributed by atoms with Crippen LogP contribution in [0.1, 0.15) is 38.5 Å². The molecule has 0 amide bonds. The molecular formula is C16H16O2. The lowest BCUT2D eigenvalue weighted by atomic mass is 9.73. The SMILES string of the molecule is O=C1C2=C(C(=O)C3=C1C1CCC3C1)C1CCC2C1. The van der Waals surface area contributed by atoms with Crippen molar-refractivity contribution in [2.75, 3.05) is 0 Å². The second kappa shape index (κ2) is 2.87. The van der Waals surface area contributed by atoms with E-state index in [2.05, 4.69) is 0 Å². The minimum Gasteiger partial charge on any atom is -0.289 e. The molecule has 0 heterocycles. The van der Waals surface area contributed by atoms with Gasteiger partial charge < -0.3 is 0 Å². The van der Waals surface area contributed by atoms with Crippen molar-refractivity contribution >= 4 is 11.6 Å². The Hall–Kier alpha value is -1.18. The molecule has 5 aliphatic rings. The molecule has 0 spiro atoms. The van der Waals surface area contributed by atoms with E-state index >= 15 is 0 Å². The average molecular weight is 240 g/mol. The summed E-state index contributed by atoms with van der Waals surface area (Å²) in [7, 11) is 0. The van der Waals surface area contributed by atoms with Crippen LogP contribution in [0.2, 0.25) is 0 Å². The van der Waals surface area contributed by atoms with Crippen LogP contribution in [0.25, 0.3) is 0 Å². The fourth-order valence-corrected chi connectivity index (χ4v) is 5.41. The first kappa shape index (κ1) is 9.71. The highest BCUT2D eigenvalue weighted by Gasteiger charge is 2.54. The molecule has 0 aromatic heterocycles. The molecule has 5 aliphatic carbocycles. The Morgan fingerprint density at radius 1 is 0.556 bits per heavy atom. The predicted octanol–water partition coefficient (Wildman–Crippen LogP) is 2.59. The van der Waals surface area contributed by atoms with E-state index in [0.29, 0.717) is 35.2 Å². The number of hydrogen-bond acceptors (Lipinski definition) is 2. The maximum absolute atomic E-state index is 12.7. The van der Waals surface area contributed by atoms with Crippen molar-refractivity contribution in [3.63, 3.8) is 0 Å². The highest BCUT2D eigenvalue weighted by Crippen LogP contribution is 2.58. The molecule has 18 heavy (non-hydrogen) atoms. The van der Waals surface area contributed by atoms with Crippen LogP contribution in [-0.4, -0.2) is 11.6 Å². The summed E-state index contributed by atoms with van der Waals surface area (Å²) in [5.41, 5.74) is 3.84. The fraction of sp³-hybridized carbons (Fsp3) is 0.625. The van der Waals surface area contributed by atoms with Crippen molar-refractivity contribution in [1.29, 1.82) is 0 Å². The monoisotopic (exact) mass is 240 g/mol. The van der Waals surface area contributed by atoms with Gasteiger partial charge in [0, 0.05) is 22.3 Å². The molecule has 2 saturated carbocycles. The van der Waals surface area contributed by atoms with Crippen molar-refractivity contribution < 1.29 is 9.59 Å². The Morgan fingerprint density at radius 3 is 1.11 bits per heavy atom. The number of carbonyl (C=O) groups is 2. The van der Waals surface area contributed by atoms with Gasteiger partial charge in [0.15, 0.2) is 11.6 Å². The summed E-state index contributed by atoms with van der Waals surface area (Å²) in [5, 5.41) is 0. The molecule has 0 N–H and O–H groups in total. The Labute approximate surface area is 106 Å². The number of hydrogen-bond donors (Lipinski definition) is 0. The smallest absolute Gasteiger partial charge is 0.186 e. The maximum atomic E-state index is 12.7. The summed E-state index contributed by atoms with van der Waals surface area (Å²) >= 11 is 0. The summed E-state index contributed by atoms with van der Waals surface area (Å²) in [6.45, 7) is 0. The van der Waals surface area contributed by atoms with Gasteiger partial charge in [-0.05, 0) is 62.2 Å². The summed E-state index contributed by atoms with van der Waals surface area (Å²) in [4.78, 5) is 25.5. The standard InChI is InChI=1S/C16H16O2/c17-15-11-7-1-2-8(5-7)12(11)16(18)14-10-4-3-9(6-10)13(14)15/h7-10H,1-6H2. The van der Waals surface area contributed by atoms with Gasteiger partial charge in [0.2, 0.25) is 0 Å². The number of Topliss-reactive ketones (excluding diaryl/α,β-unsaturated/α-hetero) is 2. The van der Waals surface area contributed by atoms with Gasteiger partial charge in [-0.1, -0.05) is 0 Å². The highest BCUT2D eigenvalue weighted by atomic mass is 16.1. The first-order chi connectivity index (χ1) is 8.75. The van der Waals surface area contributed by atoms with E-state index in [4.69, 9.17) is 0 Å². The van der Waals surface area contributed by atoms with Gasteiger partial charge in [-0.3, -0.25) is 9.59 Å². The fourth-order valence-electron chi connectivity index (χ4n) is 5.41. The lowest BCUT2D eigenvalue weighted by Gasteiger charge is -2.28. The lowest BCUT2D eigenvalue weighted by molar-refractivity contribution is -0.117. The van der Waals surface area contributed by atoms with Crippen molar-refractivity contribution in [2.45, 2.75) is 38.5 Å². The van der Waals surface area contributed by atoms with E-state index in [9.17, 15) is 9.59 Å². The largest absolute Gasteiger partial charge is 0.289 e. The molecule has 0 aromatic rings. The van der Waals surface area contributed by atoms with Gasteiger partial charge in [0.05, 0.1) is 0 Å². The van der Waals surface area contributed by atoms with Gasteiger partial charge >= 0.3 is 0 Å². The molecule has 0 saturated heterocycles. The average Bonchev–Trinajstić information content (AvgIpc) is 3.10. The Kier molecular flexibility index (Phi) is 1.55. The second-order valence-electron chi connectivity index (χ2n) is 6.73. The lowest BCUT2D eigenvalue weighted by Crippen LogP contribution is -2.30. The van der Waals surface area contributed by atoms with Crippen LogP contribution in [0.4, 0.5) is 0 Å². The quantitative estimate of drug-likeness (QED) is 0.610. The van der Waals surface area contributed by atoms with E-state index in [1.165, 1.54) is 0 Å². The third kappa shape index (κ3) is 0.877. The zero-order chi connectivity index (χ0) is 12.0. The van der Waals surface area contributed by atoms with Gasteiger partial charge in [-0.25, -0.2) is 0 Å². The van der Waals surface area contributed by atoms with Crippen LogP contribution in [0.15, 0.2) is 22.3 Å². The van der Waals surface area contributed by atoms with Crippen molar-refractivity contribution in [2.24, 2.45) is 23.7 Å². The van der Waals surface area contributed by atoms with Crippen LogP contribution in [0.3, 0.4) is 0 Å². The summed E-state index contributed by atoms with van der Waals surface area (Å²) < 4.78 is 0. The van der Waals surface area contributed by atoms with Gasteiger partial charge in [0.25, 0.3) is 0 Å². The summed E-state index contributed by atoms with van der Waals surface area (Å²) in [5.74, 6) is 2.28. The molecular weight excluding hydrogens is 224 g/mol. The molecule has 5 rings (SSSR count). The van der Waals surface area contributed by atoms with E-state index in [1.54, 1.807) is 0 Å². The molecule has 0 aromatic carbocycles. The Bertz CT molecular complexity index is 482. The third-order valence-corrected chi connectivity index (χ3v) is 6.06. The molecule has 2 heteroatoms. The molecule has 4 atom stereocenters. The normalized spacial score (nSPS) is 44.2. The second-order valence-corrected chi connectivity index (χ2v) is 6.73. The molecule has 2 fully saturated rings. The Morgan fingerprint density at radius 2 is 0.833 bits per heavy atom. The topological polar surface area (TPSA) is 34.1 Å². The highest BCUT2D eigenvalue weighted by molar-refractivity contribution is 6.27. The van der Waals surface area contributed by atoms with Gasteiger partial charge in [-0.15, -0.1) is 0 Å². The van der Waals surface area contributed by atoms with Crippen molar-refractivity contribution in [1.82, 2.24) is 0 Å². The Balaban J connectivity index is 1.73. The molecule has 4 unspecified atom stereocenters. The van der Waals surface area contributed by atoms with E-state index in [1.807, 2.05) is 0 Å². The van der Waals surface area contributed by atoms with Crippen LogP contribution in [0.5, 0.6) is 0 Å². The predicted molar refractivity (Wildman–Crippen MR) is 65.7 cm³/mol. The molecule has 0 radical (unpaired) electrons.